The fourth-order valence-electron chi connectivity index (χ4n) is 1.92. The van der Waals surface area contributed by atoms with Gasteiger partial charge in [0, 0.05) is 12.0 Å². The highest BCUT2D eigenvalue weighted by atomic mass is 32.2. The number of nitrogens with one attached hydrogen (secondary N) is 1. The number of aliphatic hydroxyl groups excluding tert-OH is 1. The zero-order valence-corrected chi connectivity index (χ0v) is 10.3. The average Bonchev–Trinajstić information content (AvgIpc) is 2.63. The summed E-state index contributed by atoms with van der Waals surface area (Å²) in [5, 5.41) is 9.32. The molecule has 1 saturated heterocycles. The van der Waals surface area contributed by atoms with Gasteiger partial charge in [0.05, 0.1) is 18.0 Å². The summed E-state index contributed by atoms with van der Waals surface area (Å²) >= 11 is 0. The number of sulfonamides is 1. The maximum absolute atomic E-state index is 11.2. The van der Waals surface area contributed by atoms with E-state index in [2.05, 4.69) is 4.72 Å². The molecule has 1 fully saturated rings. The molecule has 2 rings (SSSR count). The van der Waals surface area contributed by atoms with Crippen LogP contribution in [0.2, 0.25) is 0 Å². The molecule has 1 aliphatic rings. The smallest absolute Gasteiger partial charge is 0.229 e. The highest BCUT2D eigenvalue weighted by Gasteiger charge is 2.26. The van der Waals surface area contributed by atoms with Gasteiger partial charge in [-0.1, -0.05) is 18.2 Å². The van der Waals surface area contributed by atoms with Crippen LogP contribution in [-0.2, 0) is 14.8 Å². The first-order valence-corrected chi connectivity index (χ1v) is 7.25. The molecule has 0 saturated carbocycles. The lowest BCUT2D eigenvalue weighted by atomic mass is 10.1. The van der Waals surface area contributed by atoms with Crippen LogP contribution in [0.3, 0.4) is 0 Å². The van der Waals surface area contributed by atoms with Crippen molar-refractivity contribution in [2.75, 3.05) is 11.0 Å². The Morgan fingerprint density at radius 3 is 2.65 bits per heavy atom. The van der Waals surface area contributed by atoms with Crippen molar-refractivity contribution in [1.29, 1.82) is 0 Å². The maximum Gasteiger partial charge on any atom is 0.229 e. The summed E-state index contributed by atoms with van der Waals surface area (Å²) < 4.78 is 30.2. The lowest BCUT2D eigenvalue weighted by molar-refractivity contribution is -0.0912. The molecule has 0 radical (unpaired) electrons. The van der Waals surface area contributed by atoms with Crippen molar-refractivity contribution in [3.63, 3.8) is 0 Å². The molecular formula is C11H15NO4S. The summed E-state index contributed by atoms with van der Waals surface area (Å²) in [5.41, 5.74) is 1.27. The molecule has 1 heterocycles. The lowest BCUT2D eigenvalue weighted by Crippen LogP contribution is -2.13. The molecule has 1 aliphatic heterocycles. The van der Waals surface area contributed by atoms with Crippen LogP contribution in [0.4, 0.5) is 5.69 Å². The van der Waals surface area contributed by atoms with Crippen molar-refractivity contribution >= 4 is 15.7 Å². The number of hydrogen-bond acceptors (Lipinski definition) is 4. The van der Waals surface area contributed by atoms with E-state index in [-0.39, 0.29) is 6.10 Å². The second kappa shape index (κ2) is 4.64. The van der Waals surface area contributed by atoms with Gasteiger partial charge in [-0.3, -0.25) is 4.72 Å². The van der Waals surface area contributed by atoms with Crippen LogP contribution in [0.1, 0.15) is 24.5 Å². The summed E-state index contributed by atoms with van der Waals surface area (Å²) in [7, 11) is -3.31. The molecule has 0 spiro atoms. The first kappa shape index (κ1) is 12.3. The Bertz CT molecular complexity index is 500. The fourth-order valence-corrected chi connectivity index (χ4v) is 2.50. The van der Waals surface area contributed by atoms with Gasteiger partial charge in [0.2, 0.25) is 10.0 Å². The zero-order valence-electron chi connectivity index (χ0n) is 9.46. The van der Waals surface area contributed by atoms with Crippen LogP contribution < -0.4 is 4.72 Å². The highest BCUT2D eigenvalue weighted by Crippen LogP contribution is 2.35. The van der Waals surface area contributed by atoms with E-state index in [0.29, 0.717) is 18.5 Å². The van der Waals surface area contributed by atoms with Crippen molar-refractivity contribution in [2.45, 2.75) is 25.2 Å². The normalized spacial score (nSPS) is 24.8. The first-order chi connectivity index (χ1) is 7.96. The van der Waals surface area contributed by atoms with Gasteiger partial charge in [0.1, 0.15) is 0 Å². The van der Waals surface area contributed by atoms with E-state index in [4.69, 9.17) is 4.74 Å². The zero-order chi connectivity index (χ0) is 12.5. The summed E-state index contributed by atoms with van der Waals surface area (Å²) in [4.78, 5) is 0. The monoisotopic (exact) mass is 257 g/mol. The Morgan fingerprint density at radius 1 is 1.35 bits per heavy atom. The van der Waals surface area contributed by atoms with Crippen molar-refractivity contribution < 1.29 is 18.3 Å². The molecule has 2 atom stereocenters. The van der Waals surface area contributed by atoms with Gasteiger partial charge < -0.3 is 9.84 Å². The highest BCUT2D eigenvalue weighted by molar-refractivity contribution is 7.92. The van der Waals surface area contributed by atoms with Gasteiger partial charge in [-0.05, 0) is 12.5 Å². The number of aliphatic hydroxyl groups is 1. The van der Waals surface area contributed by atoms with E-state index < -0.39 is 16.3 Å². The molecule has 5 nitrogen and oxygen atoms in total. The van der Waals surface area contributed by atoms with Crippen molar-refractivity contribution in [3.8, 4) is 0 Å². The minimum Gasteiger partial charge on any atom is -0.368 e. The molecule has 2 N–H and O–H groups in total. The molecule has 1 aromatic rings. The Balaban J connectivity index is 2.28. The van der Waals surface area contributed by atoms with Crippen LogP contribution in [0.25, 0.3) is 0 Å². The molecular weight excluding hydrogens is 242 g/mol. The third-order valence-electron chi connectivity index (χ3n) is 2.60. The van der Waals surface area contributed by atoms with E-state index in [1.54, 1.807) is 18.2 Å². The lowest BCUT2D eigenvalue weighted by Gasteiger charge is -2.16. The fraction of sp³-hybridized carbons (Fsp3) is 0.455. The Morgan fingerprint density at radius 2 is 2.06 bits per heavy atom. The third kappa shape index (κ3) is 3.18. The second-order valence-electron chi connectivity index (χ2n) is 4.12. The average molecular weight is 257 g/mol. The van der Waals surface area contributed by atoms with Crippen LogP contribution in [-0.4, -0.2) is 26.1 Å². The standard InChI is InChI=1S/C11H15NO4S/c1-17(14,15)12-9-5-3-2-4-8(9)10-6-7-11(13)16-10/h2-5,10-13H,6-7H2,1H3/t10-,11?/m0/s1. The SMILES string of the molecule is CS(=O)(=O)Nc1ccccc1[C@@H]1CCC(O)O1. The van der Waals surface area contributed by atoms with Gasteiger partial charge in [-0.15, -0.1) is 0 Å². The van der Waals surface area contributed by atoms with Crippen LogP contribution in [0.15, 0.2) is 24.3 Å². The molecule has 0 aromatic heterocycles. The summed E-state index contributed by atoms with van der Waals surface area (Å²) in [6.45, 7) is 0. The summed E-state index contributed by atoms with van der Waals surface area (Å²) in [6, 6.07) is 7.06. The largest absolute Gasteiger partial charge is 0.368 e. The van der Waals surface area contributed by atoms with Gasteiger partial charge in [-0.25, -0.2) is 8.42 Å². The van der Waals surface area contributed by atoms with Crippen molar-refractivity contribution in [1.82, 2.24) is 0 Å². The van der Waals surface area contributed by atoms with Gasteiger partial charge >= 0.3 is 0 Å². The molecule has 6 heteroatoms. The minimum absolute atomic E-state index is 0.254. The molecule has 17 heavy (non-hydrogen) atoms. The number of ether oxygens (including phenoxy) is 1. The number of hydrogen-bond donors (Lipinski definition) is 2. The van der Waals surface area contributed by atoms with Crippen molar-refractivity contribution in [2.24, 2.45) is 0 Å². The van der Waals surface area contributed by atoms with E-state index in [1.807, 2.05) is 6.07 Å². The third-order valence-corrected chi connectivity index (χ3v) is 3.19. The van der Waals surface area contributed by atoms with E-state index in [1.165, 1.54) is 0 Å². The molecule has 94 valence electrons. The first-order valence-electron chi connectivity index (χ1n) is 5.36. The summed E-state index contributed by atoms with van der Waals surface area (Å²) in [5.74, 6) is 0. The predicted molar refractivity (Wildman–Crippen MR) is 64.0 cm³/mol. The van der Waals surface area contributed by atoms with Gasteiger partial charge in [0.25, 0.3) is 0 Å². The maximum atomic E-state index is 11.2. The number of para-hydroxylation sites is 1. The topological polar surface area (TPSA) is 75.6 Å². The van der Waals surface area contributed by atoms with Gasteiger partial charge in [-0.2, -0.15) is 0 Å². The number of anilines is 1. The van der Waals surface area contributed by atoms with E-state index >= 15 is 0 Å². The second-order valence-corrected chi connectivity index (χ2v) is 5.87. The van der Waals surface area contributed by atoms with Crippen LogP contribution in [0.5, 0.6) is 0 Å². The molecule has 1 unspecified atom stereocenters. The van der Waals surface area contributed by atoms with E-state index in [0.717, 1.165) is 11.8 Å². The van der Waals surface area contributed by atoms with Crippen LogP contribution >= 0.6 is 0 Å². The Labute approximate surface area is 100 Å². The van der Waals surface area contributed by atoms with Gasteiger partial charge in [0.15, 0.2) is 6.29 Å². The summed E-state index contributed by atoms with van der Waals surface area (Å²) in [6.07, 6.45) is 1.34. The predicted octanol–water partition coefficient (Wildman–Crippen LogP) is 1.23. The van der Waals surface area contributed by atoms with E-state index in [9.17, 15) is 13.5 Å². The quantitative estimate of drug-likeness (QED) is 0.854. The Hall–Kier alpha value is -1.11. The molecule has 1 aromatic carbocycles. The Kier molecular flexibility index (Phi) is 3.37. The van der Waals surface area contributed by atoms with Crippen molar-refractivity contribution in [3.05, 3.63) is 29.8 Å². The molecule has 0 amide bonds. The molecule has 0 aliphatic carbocycles. The van der Waals surface area contributed by atoms with Crippen LogP contribution in [0, 0.1) is 0 Å². The minimum atomic E-state index is -3.31. The molecule has 0 bridgehead atoms. The number of benzene rings is 1. The number of rotatable bonds is 3.